The lowest BCUT2D eigenvalue weighted by Gasteiger charge is -2.12. The van der Waals surface area contributed by atoms with E-state index >= 15 is 0 Å². The molecule has 0 aromatic heterocycles. The lowest BCUT2D eigenvalue weighted by molar-refractivity contribution is 0.267. The van der Waals surface area contributed by atoms with Gasteiger partial charge in [-0.2, -0.15) is 0 Å². The Balaban J connectivity index is 2.04. The number of ether oxygens (including phenoxy) is 1. The zero-order valence-electron chi connectivity index (χ0n) is 11.4. The van der Waals surface area contributed by atoms with Crippen molar-refractivity contribution in [1.29, 1.82) is 0 Å². The molecule has 0 bridgehead atoms. The summed E-state index contributed by atoms with van der Waals surface area (Å²) >= 11 is 3.42. The van der Waals surface area contributed by atoms with Crippen molar-refractivity contribution in [1.82, 2.24) is 0 Å². The Hall–Kier alpha value is -1.52. The molecular formula is C16H18BrNO2. The van der Waals surface area contributed by atoms with Gasteiger partial charge in [-0.15, -0.1) is 0 Å². The van der Waals surface area contributed by atoms with Crippen molar-refractivity contribution in [2.45, 2.75) is 20.1 Å². The Morgan fingerprint density at radius 3 is 2.55 bits per heavy atom. The summed E-state index contributed by atoms with van der Waals surface area (Å²) < 4.78 is 6.54. The molecule has 0 fully saturated rings. The molecule has 2 N–H and O–H groups in total. The van der Waals surface area contributed by atoms with E-state index in [1.54, 1.807) is 0 Å². The number of rotatable bonds is 6. The van der Waals surface area contributed by atoms with Crippen molar-refractivity contribution in [2.75, 3.05) is 11.9 Å². The number of aliphatic hydroxyl groups is 1. The molecule has 106 valence electrons. The van der Waals surface area contributed by atoms with Crippen LogP contribution in [0.15, 0.2) is 46.9 Å². The Kier molecular flexibility index (Phi) is 5.44. The first kappa shape index (κ1) is 14.9. The van der Waals surface area contributed by atoms with Gasteiger partial charge >= 0.3 is 0 Å². The fourth-order valence-corrected chi connectivity index (χ4v) is 2.18. The number of aliphatic hydroxyl groups excluding tert-OH is 1. The smallest absolute Gasteiger partial charge is 0.124 e. The number of benzene rings is 2. The Morgan fingerprint density at radius 1 is 1.15 bits per heavy atom. The summed E-state index contributed by atoms with van der Waals surface area (Å²) in [5, 5.41) is 12.7. The third-order valence-electron chi connectivity index (χ3n) is 2.94. The quantitative estimate of drug-likeness (QED) is 0.839. The maximum atomic E-state index is 9.37. The molecule has 0 radical (unpaired) electrons. The summed E-state index contributed by atoms with van der Waals surface area (Å²) in [6.07, 6.45) is 0. The highest BCUT2D eigenvalue weighted by Crippen LogP contribution is 2.23. The second-order valence-electron chi connectivity index (χ2n) is 4.39. The molecule has 0 saturated heterocycles. The summed E-state index contributed by atoms with van der Waals surface area (Å²) in [5.74, 6) is 0.740. The molecule has 0 aliphatic rings. The van der Waals surface area contributed by atoms with E-state index in [0.717, 1.165) is 28.0 Å². The van der Waals surface area contributed by atoms with Crippen LogP contribution in [0.3, 0.4) is 0 Å². The largest absolute Gasteiger partial charge is 0.494 e. The minimum atomic E-state index is -0.0247. The van der Waals surface area contributed by atoms with Crippen LogP contribution in [0.1, 0.15) is 18.1 Å². The molecule has 20 heavy (non-hydrogen) atoms. The number of halogens is 1. The molecule has 0 saturated carbocycles. The van der Waals surface area contributed by atoms with Gasteiger partial charge in [-0.1, -0.05) is 28.1 Å². The summed E-state index contributed by atoms with van der Waals surface area (Å²) in [7, 11) is 0. The second-order valence-corrected chi connectivity index (χ2v) is 5.31. The average molecular weight is 336 g/mol. The average Bonchev–Trinajstić information content (AvgIpc) is 2.48. The molecule has 2 aromatic rings. The minimum Gasteiger partial charge on any atom is -0.494 e. The second kappa shape index (κ2) is 7.31. The van der Waals surface area contributed by atoms with Crippen molar-refractivity contribution in [2.24, 2.45) is 0 Å². The number of hydrogen-bond donors (Lipinski definition) is 2. The van der Waals surface area contributed by atoms with E-state index < -0.39 is 0 Å². The zero-order valence-corrected chi connectivity index (χ0v) is 13.0. The first-order chi connectivity index (χ1) is 9.72. The van der Waals surface area contributed by atoms with Crippen molar-refractivity contribution in [3.8, 4) is 5.75 Å². The summed E-state index contributed by atoms with van der Waals surface area (Å²) in [6, 6.07) is 14.0. The van der Waals surface area contributed by atoms with Crippen molar-refractivity contribution < 1.29 is 9.84 Å². The fraction of sp³-hybridized carbons (Fsp3) is 0.250. The highest BCUT2D eigenvalue weighted by molar-refractivity contribution is 9.10. The highest BCUT2D eigenvalue weighted by Gasteiger charge is 2.04. The van der Waals surface area contributed by atoms with E-state index in [9.17, 15) is 5.11 Å². The van der Waals surface area contributed by atoms with E-state index in [0.29, 0.717) is 6.61 Å². The van der Waals surface area contributed by atoms with Crippen LogP contribution in [-0.4, -0.2) is 11.7 Å². The molecule has 0 amide bonds. The molecule has 2 aromatic carbocycles. The Bertz CT molecular complexity index is 555. The molecule has 0 unspecified atom stereocenters. The maximum absolute atomic E-state index is 9.37. The maximum Gasteiger partial charge on any atom is 0.124 e. The molecule has 3 nitrogen and oxygen atoms in total. The number of nitrogens with one attached hydrogen (secondary N) is 1. The van der Waals surface area contributed by atoms with Gasteiger partial charge in [0.1, 0.15) is 5.75 Å². The Labute approximate surface area is 127 Å². The van der Waals surface area contributed by atoms with E-state index in [-0.39, 0.29) is 6.61 Å². The SMILES string of the molecule is CCOc1ccc(NCc2ccc(Br)cc2)cc1CO. The van der Waals surface area contributed by atoms with Crippen LogP contribution in [0.2, 0.25) is 0 Å². The standard InChI is InChI=1S/C16H18BrNO2/c1-2-20-16-8-7-15(9-13(16)11-19)18-10-12-3-5-14(17)6-4-12/h3-9,18-19H,2,10-11H2,1H3. The first-order valence-corrected chi connectivity index (χ1v) is 7.37. The van der Waals surface area contributed by atoms with Crippen molar-refractivity contribution in [3.63, 3.8) is 0 Å². The monoisotopic (exact) mass is 335 g/mol. The minimum absolute atomic E-state index is 0.0247. The molecule has 0 aliphatic heterocycles. The molecule has 4 heteroatoms. The van der Waals surface area contributed by atoms with Crippen LogP contribution in [0.5, 0.6) is 5.75 Å². The van der Waals surface area contributed by atoms with Crippen molar-refractivity contribution in [3.05, 3.63) is 58.1 Å². The van der Waals surface area contributed by atoms with Gasteiger partial charge in [0.05, 0.1) is 13.2 Å². The van der Waals surface area contributed by atoms with Crippen LogP contribution in [0.4, 0.5) is 5.69 Å². The molecule has 0 atom stereocenters. The number of anilines is 1. The van der Waals surface area contributed by atoms with E-state index in [2.05, 4.69) is 33.4 Å². The molecule has 0 aliphatic carbocycles. The van der Waals surface area contributed by atoms with Crippen LogP contribution < -0.4 is 10.1 Å². The predicted molar refractivity (Wildman–Crippen MR) is 85.0 cm³/mol. The third-order valence-corrected chi connectivity index (χ3v) is 3.47. The highest BCUT2D eigenvalue weighted by atomic mass is 79.9. The van der Waals surface area contributed by atoms with Crippen LogP contribution in [0.25, 0.3) is 0 Å². The van der Waals surface area contributed by atoms with E-state index in [1.165, 1.54) is 5.56 Å². The van der Waals surface area contributed by atoms with Gasteiger partial charge in [0, 0.05) is 22.3 Å². The van der Waals surface area contributed by atoms with Gasteiger partial charge in [0.2, 0.25) is 0 Å². The topological polar surface area (TPSA) is 41.5 Å². The summed E-state index contributed by atoms with van der Waals surface area (Å²) in [4.78, 5) is 0. The van der Waals surface area contributed by atoms with E-state index in [4.69, 9.17) is 4.74 Å². The lowest BCUT2D eigenvalue weighted by Crippen LogP contribution is -2.02. The molecular weight excluding hydrogens is 318 g/mol. The summed E-state index contributed by atoms with van der Waals surface area (Å²) in [6.45, 7) is 3.24. The van der Waals surface area contributed by atoms with Crippen LogP contribution >= 0.6 is 15.9 Å². The first-order valence-electron chi connectivity index (χ1n) is 6.58. The number of hydrogen-bond acceptors (Lipinski definition) is 3. The van der Waals surface area contributed by atoms with Crippen molar-refractivity contribution >= 4 is 21.6 Å². The third kappa shape index (κ3) is 3.99. The van der Waals surface area contributed by atoms with Gasteiger partial charge < -0.3 is 15.2 Å². The van der Waals surface area contributed by atoms with E-state index in [1.807, 2.05) is 37.3 Å². The van der Waals surface area contributed by atoms with Gasteiger partial charge in [-0.25, -0.2) is 0 Å². The zero-order chi connectivity index (χ0) is 14.4. The summed E-state index contributed by atoms with van der Waals surface area (Å²) in [5.41, 5.74) is 2.97. The molecule has 2 rings (SSSR count). The molecule has 0 heterocycles. The van der Waals surface area contributed by atoms with Gasteiger partial charge in [0.25, 0.3) is 0 Å². The predicted octanol–water partition coefficient (Wildman–Crippen LogP) is 3.95. The molecule has 0 spiro atoms. The van der Waals surface area contributed by atoms with Gasteiger partial charge in [-0.05, 0) is 42.8 Å². The van der Waals surface area contributed by atoms with Crippen LogP contribution in [-0.2, 0) is 13.2 Å². The normalized spacial score (nSPS) is 10.3. The van der Waals surface area contributed by atoms with Crippen LogP contribution in [0, 0.1) is 0 Å². The van der Waals surface area contributed by atoms with Gasteiger partial charge in [0.15, 0.2) is 0 Å². The Morgan fingerprint density at radius 2 is 1.90 bits per heavy atom. The fourth-order valence-electron chi connectivity index (χ4n) is 1.92. The lowest BCUT2D eigenvalue weighted by atomic mass is 10.1. The van der Waals surface area contributed by atoms with Gasteiger partial charge in [-0.3, -0.25) is 0 Å².